The molecule has 0 unspecified atom stereocenters. The summed E-state index contributed by atoms with van der Waals surface area (Å²) >= 11 is 1.40. The number of benzene rings is 2. The van der Waals surface area contributed by atoms with Crippen LogP contribution in [0.2, 0.25) is 0 Å². The Morgan fingerprint density at radius 3 is 2.56 bits per heavy atom. The highest BCUT2D eigenvalue weighted by atomic mass is 32.1. The number of methoxy groups -OCH3 is 1. The van der Waals surface area contributed by atoms with Gasteiger partial charge < -0.3 is 14.4 Å². The molecule has 0 saturated carbocycles. The molecule has 168 valence electrons. The molecule has 2 heterocycles. The molecule has 1 aliphatic rings. The first-order valence-corrected chi connectivity index (χ1v) is 11.2. The molecule has 0 bridgehead atoms. The Balaban J connectivity index is 1.29. The van der Waals surface area contributed by atoms with Gasteiger partial charge in [0.15, 0.2) is 11.6 Å². The number of nitrogens with zero attached hydrogens (tertiary/aromatic N) is 2. The van der Waals surface area contributed by atoms with E-state index in [0.29, 0.717) is 55.5 Å². The maximum absolute atomic E-state index is 13.9. The Kier molecular flexibility index (Phi) is 7.02. The van der Waals surface area contributed by atoms with Crippen LogP contribution in [-0.4, -0.2) is 49.0 Å². The number of hydrogen-bond donors (Lipinski definition) is 0. The highest BCUT2D eigenvalue weighted by molar-refractivity contribution is 7.12. The normalized spacial score (nSPS) is 14.4. The van der Waals surface area contributed by atoms with E-state index in [-0.39, 0.29) is 5.91 Å². The first-order chi connectivity index (χ1) is 15.5. The van der Waals surface area contributed by atoms with Crippen molar-refractivity contribution >= 4 is 17.2 Å². The Morgan fingerprint density at radius 1 is 1.03 bits per heavy atom. The molecular formula is C24H24F2N2O3S. The van der Waals surface area contributed by atoms with E-state index in [4.69, 9.17) is 9.47 Å². The van der Waals surface area contributed by atoms with Crippen molar-refractivity contribution in [2.24, 2.45) is 0 Å². The van der Waals surface area contributed by atoms with Crippen molar-refractivity contribution in [1.29, 1.82) is 0 Å². The molecule has 0 atom stereocenters. The van der Waals surface area contributed by atoms with Crippen LogP contribution in [-0.2, 0) is 13.2 Å². The van der Waals surface area contributed by atoms with Gasteiger partial charge in [0.1, 0.15) is 18.1 Å². The minimum absolute atomic E-state index is 0.0146. The van der Waals surface area contributed by atoms with Crippen LogP contribution >= 0.6 is 11.3 Å². The van der Waals surface area contributed by atoms with Crippen molar-refractivity contribution in [2.75, 3.05) is 33.3 Å². The van der Waals surface area contributed by atoms with Gasteiger partial charge in [0.2, 0.25) is 0 Å². The Morgan fingerprint density at radius 2 is 1.78 bits per heavy atom. The quantitative estimate of drug-likeness (QED) is 0.520. The minimum Gasteiger partial charge on any atom is -0.497 e. The number of halogens is 2. The van der Waals surface area contributed by atoms with E-state index in [9.17, 15) is 13.6 Å². The molecule has 0 N–H and O–H groups in total. The van der Waals surface area contributed by atoms with Crippen LogP contribution in [0.15, 0.2) is 53.9 Å². The molecule has 0 radical (unpaired) electrons. The number of thiophene rings is 1. The van der Waals surface area contributed by atoms with Crippen molar-refractivity contribution in [2.45, 2.75) is 13.2 Å². The largest absolute Gasteiger partial charge is 0.497 e. The Bertz CT molecular complexity index is 1080. The molecule has 8 heteroatoms. The summed E-state index contributed by atoms with van der Waals surface area (Å²) in [7, 11) is 1.61. The van der Waals surface area contributed by atoms with Gasteiger partial charge in [0, 0.05) is 49.9 Å². The predicted octanol–water partition coefficient (Wildman–Crippen LogP) is 4.57. The molecule has 1 saturated heterocycles. The summed E-state index contributed by atoms with van der Waals surface area (Å²) in [6, 6.07) is 13.5. The van der Waals surface area contributed by atoms with E-state index in [1.807, 2.05) is 40.6 Å². The zero-order chi connectivity index (χ0) is 22.5. The third kappa shape index (κ3) is 5.26. The molecule has 1 aromatic heterocycles. The minimum atomic E-state index is -0.833. The molecule has 1 fully saturated rings. The van der Waals surface area contributed by atoms with Crippen molar-refractivity contribution < 1.29 is 23.0 Å². The number of piperazine rings is 1. The molecular weight excluding hydrogens is 434 g/mol. The highest BCUT2D eigenvalue weighted by Gasteiger charge is 2.24. The van der Waals surface area contributed by atoms with Crippen molar-refractivity contribution in [3.63, 3.8) is 0 Å². The standard InChI is InChI=1S/C24H24F2N2O3S/c1-30-19-5-3-6-20(13-19)31-15-17-12-22(32-16-17)24(29)28-10-8-27(9-11-28)14-18-4-2-7-21(25)23(18)26/h2-7,12-13,16H,8-11,14-15H2,1H3. The van der Waals surface area contributed by atoms with Gasteiger partial charge in [-0.1, -0.05) is 18.2 Å². The maximum Gasteiger partial charge on any atom is 0.264 e. The average molecular weight is 459 g/mol. The first-order valence-electron chi connectivity index (χ1n) is 10.3. The highest BCUT2D eigenvalue weighted by Crippen LogP contribution is 2.23. The number of ether oxygens (including phenoxy) is 2. The van der Waals surface area contributed by atoms with E-state index in [0.717, 1.165) is 17.4 Å². The van der Waals surface area contributed by atoms with E-state index in [2.05, 4.69) is 0 Å². The number of carbonyl (C=O) groups excluding carboxylic acids is 1. The summed E-state index contributed by atoms with van der Waals surface area (Å²) in [6.45, 7) is 3.00. The zero-order valence-electron chi connectivity index (χ0n) is 17.7. The third-order valence-corrected chi connectivity index (χ3v) is 6.36. The van der Waals surface area contributed by atoms with Crippen LogP contribution in [0.5, 0.6) is 11.5 Å². The lowest BCUT2D eigenvalue weighted by molar-refractivity contribution is 0.0631. The summed E-state index contributed by atoms with van der Waals surface area (Å²) < 4.78 is 38.3. The Hall–Kier alpha value is -2.97. The van der Waals surface area contributed by atoms with Crippen molar-refractivity contribution in [1.82, 2.24) is 9.80 Å². The predicted molar refractivity (Wildman–Crippen MR) is 119 cm³/mol. The monoisotopic (exact) mass is 458 g/mol. The zero-order valence-corrected chi connectivity index (χ0v) is 18.5. The van der Waals surface area contributed by atoms with Gasteiger partial charge in [0.05, 0.1) is 12.0 Å². The summed E-state index contributed by atoms with van der Waals surface area (Å²) in [5, 5.41) is 1.93. The van der Waals surface area contributed by atoms with E-state index < -0.39 is 11.6 Å². The second-order valence-electron chi connectivity index (χ2n) is 7.57. The van der Waals surface area contributed by atoms with E-state index >= 15 is 0 Å². The second kappa shape index (κ2) is 10.1. The van der Waals surface area contributed by atoms with Crippen LogP contribution in [0.25, 0.3) is 0 Å². The second-order valence-corrected chi connectivity index (χ2v) is 8.48. The SMILES string of the molecule is COc1cccc(OCc2csc(C(=O)N3CCN(Cc4cccc(F)c4F)CC3)c2)c1. The third-order valence-electron chi connectivity index (χ3n) is 5.40. The first kappa shape index (κ1) is 22.2. The van der Waals surface area contributed by atoms with Gasteiger partial charge in [-0.15, -0.1) is 11.3 Å². The average Bonchev–Trinajstić information content (AvgIpc) is 3.30. The molecule has 2 aromatic carbocycles. The summed E-state index contributed by atoms with van der Waals surface area (Å²) in [6.07, 6.45) is 0. The van der Waals surface area contributed by atoms with Gasteiger partial charge in [-0.05, 0) is 29.6 Å². The molecule has 3 aromatic rings. The van der Waals surface area contributed by atoms with Crippen LogP contribution in [0.1, 0.15) is 20.8 Å². The summed E-state index contributed by atoms with van der Waals surface area (Å²) in [5.74, 6) is -0.218. The number of hydrogen-bond acceptors (Lipinski definition) is 5. The van der Waals surface area contributed by atoms with E-state index in [1.54, 1.807) is 18.1 Å². The Labute approximate surface area is 189 Å². The lowest BCUT2D eigenvalue weighted by atomic mass is 10.1. The number of amides is 1. The van der Waals surface area contributed by atoms with Crippen molar-refractivity contribution in [3.8, 4) is 11.5 Å². The fourth-order valence-corrected chi connectivity index (χ4v) is 4.46. The smallest absolute Gasteiger partial charge is 0.264 e. The van der Waals surface area contributed by atoms with Crippen LogP contribution in [0.3, 0.4) is 0 Å². The maximum atomic E-state index is 13.9. The summed E-state index contributed by atoms with van der Waals surface area (Å²) in [4.78, 5) is 17.4. The van der Waals surface area contributed by atoms with Crippen LogP contribution in [0.4, 0.5) is 8.78 Å². The molecule has 0 aliphatic carbocycles. The molecule has 1 aliphatic heterocycles. The summed E-state index contributed by atoms with van der Waals surface area (Å²) in [5.41, 5.74) is 1.27. The molecule has 0 spiro atoms. The number of rotatable bonds is 7. The van der Waals surface area contributed by atoms with Crippen LogP contribution < -0.4 is 9.47 Å². The molecule has 1 amide bonds. The lowest BCUT2D eigenvalue weighted by Gasteiger charge is -2.34. The van der Waals surface area contributed by atoms with E-state index in [1.165, 1.54) is 17.4 Å². The van der Waals surface area contributed by atoms with Crippen molar-refractivity contribution in [3.05, 3.63) is 81.5 Å². The van der Waals surface area contributed by atoms with Gasteiger partial charge in [0.25, 0.3) is 5.91 Å². The molecule has 5 nitrogen and oxygen atoms in total. The van der Waals surface area contributed by atoms with Gasteiger partial charge in [-0.25, -0.2) is 8.78 Å². The lowest BCUT2D eigenvalue weighted by Crippen LogP contribution is -2.48. The molecule has 4 rings (SSSR count). The fourth-order valence-electron chi connectivity index (χ4n) is 3.60. The van der Waals surface area contributed by atoms with Crippen LogP contribution in [0, 0.1) is 11.6 Å². The topological polar surface area (TPSA) is 42.0 Å². The number of carbonyl (C=O) groups is 1. The van der Waals surface area contributed by atoms with Gasteiger partial charge in [-0.3, -0.25) is 9.69 Å². The fraction of sp³-hybridized carbons (Fsp3) is 0.292. The van der Waals surface area contributed by atoms with Gasteiger partial charge >= 0.3 is 0 Å². The molecule has 32 heavy (non-hydrogen) atoms. The van der Waals surface area contributed by atoms with Gasteiger partial charge in [-0.2, -0.15) is 0 Å².